The van der Waals surface area contributed by atoms with Crippen molar-refractivity contribution in [3.63, 3.8) is 0 Å². The van der Waals surface area contributed by atoms with Crippen molar-refractivity contribution in [2.75, 3.05) is 19.5 Å². The summed E-state index contributed by atoms with van der Waals surface area (Å²) in [7, 11) is 2.27. The van der Waals surface area contributed by atoms with Crippen molar-refractivity contribution in [2.24, 2.45) is 0 Å². The second kappa shape index (κ2) is 7.03. The Bertz CT molecular complexity index is 568. The quantitative estimate of drug-likeness (QED) is 0.497. The topological polar surface area (TPSA) is 81.7 Å². The van der Waals surface area contributed by atoms with Gasteiger partial charge >= 0.3 is 11.9 Å². The third kappa shape index (κ3) is 3.91. The molecule has 0 unspecified atom stereocenters. The van der Waals surface area contributed by atoms with Crippen LogP contribution in [0.25, 0.3) is 0 Å². The molecule has 0 amide bonds. The Morgan fingerprint density at radius 1 is 1.25 bits per heavy atom. The van der Waals surface area contributed by atoms with E-state index < -0.39 is 17.8 Å². The summed E-state index contributed by atoms with van der Waals surface area (Å²) in [5.74, 6) is -2.22. The molecule has 106 valence electrons. The number of rotatable bonds is 5. The fraction of sp³-hybridized carbons (Fsp3) is 0.154. The highest BCUT2D eigenvalue weighted by Crippen LogP contribution is 2.17. The average molecular weight is 281 g/mol. The minimum atomic E-state index is -0.837. The number of esters is 2. The molecule has 0 heterocycles. The first kappa shape index (κ1) is 15.4. The molecule has 0 aliphatic carbocycles. The SMILES string of the molecule is COC(=O)/C=C(/Nc1ccc(F)cc1C=O)C(=O)OC. The Labute approximate surface area is 114 Å². The first-order chi connectivity index (χ1) is 9.51. The third-order valence-electron chi connectivity index (χ3n) is 2.28. The van der Waals surface area contributed by atoms with Crippen LogP contribution < -0.4 is 5.32 Å². The van der Waals surface area contributed by atoms with Crippen molar-refractivity contribution in [1.82, 2.24) is 0 Å². The fourth-order valence-electron chi connectivity index (χ4n) is 1.32. The Hall–Kier alpha value is -2.70. The Morgan fingerprint density at radius 3 is 2.50 bits per heavy atom. The summed E-state index contributed by atoms with van der Waals surface area (Å²) in [4.78, 5) is 33.5. The van der Waals surface area contributed by atoms with Gasteiger partial charge in [-0.3, -0.25) is 4.79 Å². The van der Waals surface area contributed by atoms with Crippen molar-refractivity contribution in [3.8, 4) is 0 Å². The standard InChI is InChI=1S/C13H12FNO5/c1-19-12(17)6-11(13(18)20-2)15-10-4-3-9(14)5-8(10)7-16/h3-7,15H,1-2H3/b11-6+. The Kier molecular flexibility index (Phi) is 5.40. The molecule has 0 saturated carbocycles. The molecule has 0 spiro atoms. The third-order valence-corrected chi connectivity index (χ3v) is 2.28. The zero-order valence-corrected chi connectivity index (χ0v) is 10.8. The van der Waals surface area contributed by atoms with Gasteiger partial charge in [0.25, 0.3) is 0 Å². The molecule has 0 radical (unpaired) electrons. The van der Waals surface area contributed by atoms with E-state index in [9.17, 15) is 18.8 Å². The average Bonchev–Trinajstić information content (AvgIpc) is 2.46. The van der Waals surface area contributed by atoms with Gasteiger partial charge in [0, 0.05) is 11.3 Å². The van der Waals surface area contributed by atoms with Crippen LogP contribution in [0.5, 0.6) is 0 Å². The molecule has 1 aromatic rings. The van der Waals surface area contributed by atoms with E-state index in [0.717, 1.165) is 32.4 Å². The molecule has 0 fully saturated rings. The molecule has 20 heavy (non-hydrogen) atoms. The van der Waals surface area contributed by atoms with Crippen LogP contribution in [0.15, 0.2) is 30.0 Å². The van der Waals surface area contributed by atoms with E-state index in [-0.39, 0.29) is 16.9 Å². The van der Waals surface area contributed by atoms with E-state index >= 15 is 0 Å². The highest BCUT2D eigenvalue weighted by atomic mass is 19.1. The molecule has 0 saturated heterocycles. The van der Waals surface area contributed by atoms with Gasteiger partial charge in [-0.05, 0) is 18.2 Å². The van der Waals surface area contributed by atoms with Crippen molar-refractivity contribution < 1.29 is 28.2 Å². The molecular weight excluding hydrogens is 269 g/mol. The summed E-state index contributed by atoms with van der Waals surface area (Å²) >= 11 is 0. The van der Waals surface area contributed by atoms with Gasteiger partial charge in [0.2, 0.25) is 0 Å². The summed E-state index contributed by atoms with van der Waals surface area (Å²) < 4.78 is 21.9. The van der Waals surface area contributed by atoms with Gasteiger partial charge in [-0.25, -0.2) is 14.0 Å². The van der Waals surface area contributed by atoms with E-state index in [2.05, 4.69) is 14.8 Å². The van der Waals surface area contributed by atoms with Crippen LogP contribution in [0.1, 0.15) is 10.4 Å². The molecule has 6 nitrogen and oxygen atoms in total. The van der Waals surface area contributed by atoms with Crippen molar-refractivity contribution in [2.45, 2.75) is 0 Å². The minimum absolute atomic E-state index is 0.00957. The van der Waals surface area contributed by atoms with Gasteiger partial charge < -0.3 is 14.8 Å². The molecule has 0 aliphatic rings. The number of aldehydes is 1. The lowest BCUT2D eigenvalue weighted by Crippen LogP contribution is -2.16. The summed E-state index contributed by atoms with van der Waals surface area (Å²) in [5.41, 5.74) is -0.0966. The summed E-state index contributed by atoms with van der Waals surface area (Å²) in [6.45, 7) is 0. The van der Waals surface area contributed by atoms with Crippen LogP contribution in [-0.2, 0) is 19.1 Å². The number of carbonyl (C=O) groups is 3. The number of anilines is 1. The Balaban J connectivity index is 3.13. The van der Waals surface area contributed by atoms with Crippen LogP contribution in [0.4, 0.5) is 10.1 Å². The lowest BCUT2D eigenvalue weighted by molar-refractivity contribution is -0.138. The normalized spacial score (nSPS) is 10.7. The number of ether oxygens (including phenoxy) is 2. The molecule has 1 aromatic carbocycles. The predicted octanol–water partition coefficient (Wildman–Crippen LogP) is 1.28. The van der Waals surface area contributed by atoms with Gasteiger partial charge in [-0.15, -0.1) is 0 Å². The van der Waals surface area contributed by atoms with Crippen molar-refractivity contribution >= 4 is 23.9 Å². The number of methoxy groups -OCH3 is 2. The molecule has 0 bridgehead atoms. The van der Waals surface area contributed by atoms with Crippen molar-refractivity contribution in [1.29, 1.82) is 0 Å². The van der Waals surface area contributed by atoms with E-state index in [1.54, 1.807) is 0 Å². The predicted molar refractivity (Wildman–Crippen MR) is 67.5 cm³/mol. The minimum Gasteiger partial charge on any atom is -0.466 e. The van der Waals surface area contributed by atoms with Gasteiger partial charge in [0.1, 0.15) is 11.5 Å². The smallest absolute Gasteiger partial charge is 0.354 e. The van der Waals surface area contributed by atoms with Crippen LogP contribution >= 0.6 is 0 Å². The lowest BCUT2D eigenvalue weighted by atomic mass is 10.2. The molecular formula is C13H12FNO5. The number of halogens is 1. The number of benzene rings is 1. The second-order valence-corrected chi connectivity index (χ2v) is 3.55. The lowest BCUT2D eigenvalue weighted by Gasteiger charge is -2.10. The second-order valence-electron chi connectivity index (χ2n) is 3.55. The molecule has 1 rings (SSSR count). The van der Waals surface area contributed by atoms with E-state index in [4.69, 9.17) is 0 Å². The van der Waals surface area contributed by atoms with Gasteiger partial charge in [0.05, 0.1) is 20.3 Å². The maximum absolute atomic E-state index is 13.0. The number of carbonyl (C=O) groups excluding carboxylic acids is 3. The highest BCUT2D eigenvalue weighted by molar-refractivity contribution is 5.99. The fourth-order valence-corrected chi connectivity index (χ4v) is 1.32. The van der Waals surface area contributed by atoms with Crippen LogP contribution in [0, 0.1) is 5.82 Å². The molecule has 1 N–H and O–H groups in total. The van der Waals surface area contributed by atoms with Gasteiger partial charge in [-0.1, -0.05) is 0 Å². The summed E-state index contributed by atoms with van der Waals surface area (Å²) in [6, 6.07) is 3.35. The van der Waals surface area contributed by atoms with E-state index in [1.165, 1.54) is 6.07 Å². The van der Waals surface area contributed by atoms with E-state index in [0.29, 0.717) is 6.29 Å². The number of hydrogen-bond donors (Lipinski definition) is 1. The van der Waals surface area contributed by atoms with E-state index in [1.807, 2.05) is 0 Å². The van der Waals surface area contributed by atoms with Crippen molar-refractivity contribution in [3.05, 3.63) is 41.4 Å². The van der Waals surface area contributed by atoms with Crippen LogP contribution in [-0.4, -0.2) is 32.4 Å². The van der Waals surface area contributed by atoms with Crippen LogP contribution in [0.3, 0.4) is 0 Å². The monoisotopic (exact) mass is 281 g/mol. The molecule has 0 aliphatic heterocycles. The van der Waals surface area contributed by atoms with Gasteiger partial charge in [0.15, 0.2) is 6.29 Å². The number of hydrogen-bond acceptors (Lipinski definition) is 6. The van der Waals surface area contributed by atoms with Crippen LogP contribution in [0.2, 0.25) is 0 Å². The maximum atomic E-state index is 13.0. The highest BCUT2D eigenvalue weighted by Gasteiger charge is 2.14. The zero-order valence-electron chi connectivity index (χ0n) is 10.8. The first-order valence-corrected chi connectivity index (χ1v) is 5.41. The summed E-state index contributed by atoms with van der Waals surface area (Å²) in [5, 5.41) is 2.53. The molecule has 0 atom stereocenters. The summed E-state index contributed by atoms with van der Waals surface area (Å²) in [6.07, 6.45) is 1.28. The van der Waals surface area contributed by atoms with Gasteiger partial charge in [-0.2, -0.15) is 0 Å². The molecule has 7 heteroatoms. The zero-order chi connectivity index (χ0) is 15.1. The molecule has 0 aromatic heterocycles. The Morgan fingerprint density at radius 2 is 1.95 bits per heavy atom. The number of nitrogens with one attached hydrogen (secondary N) is 1. The first-order valence-electron chi connectivity index (χ1n) is 5.41. The maximum Gasteiger partial charge on any atom is 0.354 e. The largest absolute Gasteiger partial charge is 0.466 e.